The van der Waals surface area contributed by atoms with E-state index in [0.29, 0.717) is 13.2 Å². The van der Waals surface area contributed by atoms with Crippen molar-refractivity contribution in [2.24, 2.45) is 0 Å². The van der Waals surface area contributed by atoms with Crippen molar-refractivity contribution in [2.75, 3.05) is 13.2 Å². The van der Waals surface area contributed by atoms with Gasteiger partial charge in [-0.15, -0.1) is 0 Å². The Hall–Kier alpha value is -1.84. The van der Waals surface area contributed by atoms with Crippen LogP contribution in [0.5, 0.6) is 5.75 Å². The fourth-order valence-electron chi connectivity index (χ4n) is 1.92. The van der Waals surface area contributed by atoms with Gasteiger partial charge in [0.25, 0.3) is 0 Å². The minimum atomic E-state index is -0.0960. The highest BCUT2D eigenvalue weighted by molar-refractivity contribution is 6.05. The highest BCUT2D eigenvalue weighted by Gasteiger charge is 2.27. The van der Waals surface area contributed by atoms with Gasteiger partial charge in [0.2, 0.25) is 5.91 Å². The molecule has 0 spiro atoms. The molecule has 0 saturated carbocycles. The lowest BCUT2D eigenvalue weighted by atomic mass is 10.2. The van der Waals surface area contributed by atoms with E-state index in [9.17, 15) is 9.59 Å². The first kappa shape index (κ1) is 11.6. The lowest BCUT2D eigenvalue weighted by Gasteiger charge is -2.17. The monoisotopic (exact) mass is 233 g/mol. The number of hydrogen-bond acceptors (Lipinski definition) is 3. The summed E-state index contributed by atoms with van der Waals surface area (Å²) in [5.41, 5.74) is 0.942. The van der Waals surface area contributed by atoms with Crippen LogP contribution >= 0.6 is 0 Å². The summed E-state index contributed by atoms with van der Waals surface area (Å²) in [4.78, 5) is 24.3. The van der Waals surface area contributed by atoms with E-state index < -0.39 is 0 Å². The summed E-state index contributed by atoms with van der Waals surface area (Å²) in [7, 11) is 0. The summed E-state index contributed by atoms with van der Waals surface area (Å²) in [6.45, 7) is 3.17. The molecule has 2 rings (SSSR count). The molecule has 0 N–H and O–H groups in total. The molecule has 1 aromatic carbocycles. The average Bonchev–Trinajstić information content (AvgIpc) is 2.61. The highest BCUT2D eigenvalue weighted by Crippen LogP contribution is 2.21. The second kappa shape index (κ2) is 4.99. The molecule has 4 nitrogen and oxygen atoms in total. The third kappa shape index (κ3) is 2.64. The number of carbonyl (C=O) groups excluding carboxylic acids is 2. The zero-order chi connectivity index (χ0) is 12.3. The second-order valence-electron chi connectivity index (χ2n) is 4.01. The molecule has 0 radical (unpaired) electrons. The SMILES string of the molecule is CCOc1ccccc1CN1CC(=O)CC1=O. The molecule has 0 atom stereocenters. The zero-order valence-corrected chi connectivity index (χ0v) is 9.81. The molecule has 1 saturated heterocycles. The van der Waals surface area contributed by atoms with Crippen LogP contribution in [-0.4, -0.2) is 29.7 Å². The number of rotatable bonds is 4. The maximum Gasteiger partial charge on any atom is 0.230 e. The third-order valence-corrected chi connectivity index (χ3v) is 2.70. The number of benzene rings is 1. The van der Waals surface area contributed by atoms with Crippen LogP contribution in [0, 0.1) is 0 Å². The molecular formula is C13H15NO3. The molecule has 0 aromatic heterocycles. The Labute approximate surface area is 100 Å². The van der Waals surface area contributed by atoms with Gasteiger partial charge in [-0.25, -0.2) is 0 Å². The van der Waals surface area contributed by atoms with Crippen molar-refractivity contribution in [1.29, 1.82) is 0 Å². The van der Waals surface area contributed by atoms with Crippen LogP contribution in [0.3, 0.4) is 0 Å². The van der Waals surface area contributed by atoms with Crippen molar-refractivity contribution in [1.82, 2.24) is 4.90 Å². The Balaban J connectivity index is 2.13. The van der Waals surface area contributed by atoms with Crippen LogP contribution in [0.25, 0.3) is 0 Å². The molecule has 1 aliphatic rings. The van der Waals surface area contributed by atoms with Gasteiger partial charge >= 0.3 is 0 Å². The quantitative estimate of drug-likeness (QED) is 0.738. The summed E-state index contributed by atoms with van der Waals surface area (Å²) in [5, 5.41) is 0. The predicted molar refractivity (Wildman–Crippen MR) is 62.7 cm³/mol. The van der Waals surface area contributed by atoms with E-state index in [1.165, 1.54) is 0 Å². The number of nitrogens with zero attached hydrogens (tertiary/aromatic N) is 1. The first-order valence-corrected chi connectivity index (χ1v) is 5.71. The van der Waals surface area contributed by atoms with E-state index >= 15 is 0 Å². The molecule has 90 valence electrons. The van der Waals surface area contributed by atoms with Gasteiger partial charge in [-0.3, -0.25) is 9.59 Å². The van der Waals surface area contributed by atoms with Crippen molar-refractivity contribution >= 4 is 11.7 Å². The van der Waals surface area contributed by atoms with E-state index in [0.717, 1.165) is 11.3 Å². The normalized spacial score (nSPS) is 15.5. The minimum Gasteiger partial charge on any atom is -0.494 e. The molecule has 1 aromatic rings. The van der Waals surface area contributed by atoms with Crippen molar-refractivity contribution in [3.63, 3.8) is 0 Å². The zero-order valence-electron chi connectivity index (χ0n) is 9.81. The van der Waals surface area contributed by atoms with Gasteiger partial charge in [0, 0.05) is 12.1 Å². The number of Topliss-reactive ketones (excluding diaryl/α,β-unsaturated/α-hetero) is 1. The standard InChI is InChI=1S/C13H15NO3/c1-2-17-12-6-4-3-5-10(12)8-14-9-11(15)7-13(14)16/h3-6H,2,7-9H2,1H3. The van der Waals surface area contributed by atoms with Gasteiger partial charge in [-0.05, 0) is 13.0 Å². The number of para-hydroxylation sites is 1. The summed E-state index contributed by atoms with van der Waals surface area (Å²) in [5.74, 6) is 0.673. The van der Waals surface area contributed by atoms with Crippen LogP contribution in [-0.2, 0) is 16.1 Å². The predicted octanol–water partition coefficient (Wildman–Crippen LogP) is 1.39. The van der Waals surface area contributed by atoms with Crippen molar-refractivity contribution in [2.45, 2.75) is 19.9 Å². The Morgan fingerprint density at radius 3 is 2.71 bits per heavy atom. The fourth-order valence-corrected chi connectivity index (χ4v) is 1.92. The molecule has 4 heteroatoms. The first-order chi connectivity index (χ1) is 8.20. The molecular weight excluding hydrogens is 218 g/mol. The summed E-state index contributed by atoms with van der Waals surface area (Å²) < 4.78 is 5.49. The number of likely N-dealkylation sites (tertiary alicyclic amines) is 1. The molecule has 17 heavy (non-hydrogen) atoms. The number of carbonyl (C=O) groups is 2. The van der Waals surface area contributed by atoms with Crippen LogP contribution in [0.15, 0.2) is 24.3 Å². The van der Waals surface area contributed by atoms with Gasteiger partial charge in [0.05, 0.1) is 19.6 Å². The highest BCUT2D eigenvalue weighted by atomic mass is 16.5. The summed E-state index contributed by atoms with van der Waals surface area (Å²) in [6, 6.07) is 7.59. The smallest absolute Gasteiger partial charge is 0.230 e. The van der Waals surface area contributed by atoms with E-state index in [1.807, 2.05) is 31.2 Å². The largest absolute Gasteiger partial charge is 0.494 e. The fraction of sp³-hybridized carbons (Fsp3) is 0.385. The topological polar surface area (TPSA) is 46.6 Å². The molecule has 1 fully saturated rings. The Kier molecular flexibility index (Phi) is 3.42. The molecule has 1 amide bonds. The lowest BCUT2D eigenvalue weighted by Crippen LogP contribution is -2.24. The van der Waals surface area contributed by atoms with Gasteiger partial charge in [-0.2, -0.15) is 0 Å². The van der Waals surface area contributed by atoms with E-state index in [4.69, 9.17) is 4.74 Å². The summed E-state index contributed by atoms with van der Waals surface area (Å²) >= 11 is 0. The first-order valence-electron chi connectivity index (χ1n) is 5.71. The van der Waals surface area contributed by atoms with Gasteiger partial charge in [-0.1, -0.05) is 18.2 Å². The van der Waals surface area contributed by atoms with E-state index in [2.05, 4.69) is 0 Å². The lowest BCUT2D eigenvalue weighted by molar-refractivity contribution is -0.128. The number of hydrogen-bond donors (Lipinski definition) is 0. The van der Waals surface area contributed by atoms with E-state index in [-0.39, 0.29) is 24.7 Å². The molecule has 0 unspecified atom stereocenters. The average molecular weight is 233 g/mol. The maximum absolute atomic E-state index is 11.5. The van der Waals surface area contributed by atoms with Crippen molar-refractivity contribution in [3.05, 3.63) is 29.8 Å². The minimum absolute atomic E-state index is 0.0103. The molecule has 0 aliphatic carbocycles. The number of ketones is 1. The van der Waals surface area contributed by atoms with Crippen LogP contribution in [0.1, 0.15) is 18.9 Å². The number of ether oxygens (including phenoxy) is 1. The van der Waals surface area contributed by atoms with E-state index in [1.54, 1.807) is 4.90 Å². The van der Waals surface area contributed by atoms with Gasteiger partial charge in [0.1, 0.15) is 5.75 Å². The third-order valence-electron chi connectivity index (χ3n) is 2.70. The van der Waals surface area contributed by atoms with Gasteiger partial charge < -0.3 is 9.64 Å². The Morgan fingerprint density at radius 2 is 2.06 bits per heavy atom. The van der Waals surface area contributed by atoms with Gasteiger partial charge in [0.15, 0.2) is 5.78 Å². The Bertz CT molecular complexity index is 442. The van der Waals surface area contributed by atoms with Crippen LogP contribution in [0.4, 0.5) is 0 Å². The van der Waals surface area contributed by atoms with Crippen molar-refractivity contribution in [3.8, 4) is 5.75 Å². The molecule has 0 bridgehead atoms. The van der Waals surface area contributed by atoms with Crippen LogP contribution < -0.4 is 4.74 Å². The molecule has 1 aliphatic heterocycles. The van der Waals surface area contributed by atoms with Crippen LogP contribution in [0.2, 0.25) is 0 Å². The maximum atomic E-state index is 11.5. The molecule has 1 heterocycles. The van der Waals surface area contributed by atoms with Crippen molar-refractivity contribution < 1.29 is 14.3 Å². The summed E-state index contributed by atoms with van der Waals surface area (Å²) in [6.07, 6.45) is 0.0385. The Morgan fingerprint density at radius 1 is 1.29 bits per heavy atom. The second-order valence-corrected chi connectivity index (χ2v) is 4.01. The number of amides is 1.